The Morgan fingerprint density at radius 2 is 1.65 bits per heavy atom. The quantitative estimate of drug-likeness (QED) is 0.384. The van der Waals surface area contributed by atoms with Crippen molar-refractivity contribution in [3.05, 3.63) is 35.9 Å². The molecule has 37 heavy (non-hydrogen) atoms. The molecule has 4 saturated carbocycles. The Balaban J connectivity index is 1.30. The molecule has 4 aliphatic rings. The number of Topliss-reactive ketones (excluding diaryl/α,β-unsaturated/α-hetero) is 1. The lowest BCUT2D eigenvalue weighted by atomic mass is 9.43. The predicted octanol–water partition coefficient (Wildman–Crippen LogP) is 8.51. The SMILES string of the molecule is CC(C)CCCC(C)C1CCC2C3CCC4CC(=O)C(C(O)Cc5ccccc5)CC4(C)C3CCC12C. The molecular formula is C35H54O2. The molecule has 0 aliphatic heterocycles. The van der Waals surface area contributed by atoms with E-state index in [1.54, 1.807) is 0 Å². The van der Waals surface area contributed by atoms with Crippen LogP contribution in [0, 0.1) is 58.2 Å². The second kappa shape index (κ2) is 10.8. The normalized spacial score (nSPS) is 41.1. The molecule has 0 heterocycles. The molecule has 5 rings (SSSR count). The standard InChI is InChI=1S/C35H54O2/c1-23(2)10-9-11-24(3)29-16-17-30-27-15-14-26-21-33(37)28(32(36)20-25-12-7-6-8-13-25)22-35(26,5)31(27)18-19-34(29,30)4/h6-8,12-13,23-24,26-32,36H,9-11,14-22H2,1-5H3. The Morgan fingerprint density at radius 1 is 0.919 bits per heavy atom. The van der Waals surface area contributed by atoms with Gasteiger partial charge in [-0.05, 0) is 109 Å². The summed E-state index contributed by atoms with van der Waals surface area (Å²) in [7, 11) is 0. The van der Waals surface area contributed by atoms with Crippen molar-refractivity contribution in [2.24, 2.45) is 58.2 Å². The molecular weight excluding hydrogens is 452 g/mol. The van der Waals surface area contributed by atoms with Crippen LogP contribution in [0.3, 0.4) is 0 Å². The topological polar surface area (TPSA) is 37.3 Å². The van der Waals surface area contributed by atoms with Gasteiger partial charge in [0, 0.05) is 12.3 Å². The van der Waals surface area contributed by atoms with E-state index in [2.05, 4.69) is 46.8 Å². The Morgan fingerprint density at radius 3 is 2.38 bits per heavy atom. The lowest BCUT2D eigenvalue weighted by molar-refractivity contribution is -0.155. The molecule has 0 saturated heterocycles. The lowest BCUT2D eigenvalue weighted by Crippen LogP contribution is -2.56. The van der Waals surface area contributed by atoms with E-state index in [1.807, 2.05) is 18.2 Å². The Kier molecular flexibility index (Phi) is 7.99. The molecule has 10 atom stereocenters. The van der Waals surface area contributed by atoms with Gasteiger partial charge in [0.2, 0.25) is 0 Å². The van der Waals surface area contributed by atoms with Crippen LogP contribution in [0.5, 0.6) is 0 Å². The summed E-state index contributed by atoms with van der Waals surface area (Å²) in [4.78, 5) is 13.3. The molecule has 0 radical (unpaired) electrons. The summed E-state index contributed by atoms with van der Waals surface area (Å²) in [6.45, 7) is 12.5. The smallest absolute Gasteiger partial charge is 0.138 e. The van der Waals surface area contributed by atoms with Crippen molar-refractivity contribution in [2.45, 2.75) is 118 Å². The van der Waals surface area contributed by atoms with E-state index in [1.165, 1.54) is 57.8 Å². The highest BCUT2D eigenvalue weighted by molar-refractivity contribution is 5.83. The molecule has 10 unspecified atom stereocenters. The zero-order valence-corrected chi connectivity index (χ0v) is 24.4. The number of carbonyl (C=O) groups excluding carboxylic acids is 1. The minimum atomic E-state index is -0.551. The van der Waals surface area contributed by atoms with Crippen LogP contribution in [0.4, 0.5) is 0 Å². The van der Waals surface area contributed by atoms with Crippen molar-refractivity contribution < 1.29 is 9.90 Å². The minimum absolute atomic E-state index is 0.189. The van der Waals surface area contributed by atoms with Crippen LogP contribution in [0.1, 0.15) is 111 Å². The third-order valence-electron chi connectivity index (χ3n) is 12.5. The van der Waals surface area contributed by atoms with Gasteiger partial charge in [-0.25, -0.2) is 0 Å². The lowest BCUT2D eigenvalue weighted by Gasteiger charge is -2.61. The van der Waals surface area contributed by atoms with Crippen LogP contribution in [0.2, 0.25) is 0 Å². The van der Waals surface area contributed by atoms with Gasteiger partial charge in [0.1, 0.15) is 5.78 Å². The first-order valence-corrected chi connectivity index (χ1v) is 15.9. The maximum absolute atomic E-state index is 13.3. The average molecular weight is 507 g/mol. The van der Waals surface area contributed by atoms with Crippen molar-refractivity contribution in [1.29, 1.82) is 0 Å². The van der Waals surface area contributed by atoms with Crippen LogP contribution >= 0.6 is 0 Å². The summed E-state index contributed by atoms with van der Waals surface area (Å²) in [6, 6.07) is 10.3. The molecule has 4 aliphatic carbocycles. The molecule has 1 aromatic carbocycles. The van der Waals surface area contributed by atoms with Crippen LogP contribution in [0.15, 0.2) is 30.3 Å². The fourth-order valence-electron chi connectivity index (χ4n) is 10.5. The van der Waals surface area contributed by atoms with Crippen LogP contribution in [0.25, 0.3) is 0 Å². The van der Waals surface area contributed by atoms with Crippen LogP contribution in [-0.4, -0.2) is 17.0 Å². The number of aliphatic hydroxyl groups excluding tert-OH is 1. The summed E-state index contributed by atoms with van der Waals surface area (Å²) < 4.78 is 0. The summed E-state index contributed by atoms with van der Waals surface area (Å²) in [5.74, 6) is 5.66. The average Bonchev–Trinajstić information content (AvgIpc) is 3.21. The van der Waals surface area contributed by atoms with Gasteiger partial charge in [-0.3, -0.25) is 4.79 Å². The van der Waals surface area contributed by atoms with Gasteiger partial charge in [0.15, 0.2) is 0 Å². The van der Waals surface area contributed by atoms with Gasteiger partial charge in [0.25, 0.3) is 0 Å². The molecule has 0 amide bonds. The number of fused-ring (bicyclic) bond motifs is 5. The van der Waals surface area contributed by atoms with Gasteiger partial charge in [-0.2, -0.15) is 0 Å². The minimum Gasteiger partial charge on any atom is -0.392 e. The van der Waals surface area contributed by atoms with Gasteiger partial charge in [-0.15, -0.1) is 0 Å². The first-order chi connectivity index (χ1) is 17.6. The van der Waals surface area contributed by atoms with Crippen molar-refractivity contribution in [2.75, 3.05) is 0 Å². The molecule has 0 aromatic heterocycles. The van der Waals surface area contributed by atoms with Gasteiger partial charge >= 0.3 is 0 Å². The molecule has 2 heteroatoms. The number of ketones is 1. The maximum atomic E-state index is 13.3. The summed E-state index contributed by atoms with van der Waals surface area (Å²) >= 11 is 0. The number of aliphatic hydroxyl groups is 1. The van der Waals surface area contributed by atoms with Gasteiger partial charge in [0.05, 0.1) is 6.10 Å². The third kappa shape index (κ3) is 5.10. The molecule has 1 aromatic rings. The van der Waals surface area contributed by atoms with Crippen molar-refractivity contribution >= 4 is 5.78 Å². The second-order valence-corrected chi connectivity index (χ2v) is 14.9. The van der Waals surface area contributed by atoms with E-state index in [-0.39, 0.29) is 11.3 Å². The molecule has 206 valence electrons. The fourth-order valence-corrected chi connectivity index (χ4v) is 10.5. The molecule has 0 spiro atoms. The van der Waals surface area contributed by atoms with Gasteiger partial charge in [-0.1, -0.05) is 84.2 Å². The van der Waals surface area contributed by atoms with E-state index in [0.717, 1.165) is 47.5 Å². The number of rotatable bonds is 8. The summed E-state index contributed by atoms with van der Waals surface area (Å²) in [6.07, 6.45) is 14.0. The number of hydrogen-bond donors (Lipinski definition) is 1. The van der Waals surface area contributed by atoms with E-state index >= 15 is 0 Å². The molecule has 0 bridgehead atoms. The van der Waals surface area contributed by atoms with Crippen LogP contribution < -0.4 is 0 Å². The Labute approximate surface area is 227 Å². The second-order valence-electron chi connectivity index (χ2n) is 14.9. The Bertz CT molecular complexity index is 922. The van der Waals surface area contributed by atoms with Crippen molar-refractivity contribution in [1.82, 2.24) is 0 Å². The fraction of sp³-hybridized carbons (Fsp3) is 0.800. The zero-order chi connectivity index (χ0) is 26.4. The highest BCUT2D eigenvalue weighted by atomic mass is 16.3. The molecule has 4 fully saturated rings. The third-order valence-corrected chi connectivity index (χ3v) is 12.5. The predicted molar refractivity (Wildman–Crippen MR) is 153 cm³/mol. The van der Waals surface area contributed by atoms with E-state index < -0.39 is 6.10 Å². The molecule has 1 N–H and O–H groups in total. The van der Waals surface area contributed by atoms with E-state index in [0.29, 0.717) is 30.0 Å². The zero-order valence-electron chi connectivity index (χ0n) is 24.4. The van der Waals surface area contributed by atoms with Crippen molar-refractivity contribution in [3.63, 3.8) is 0 Å². The number of benzene rings is 1. The largest absolute Gasteiger partial charge is 0.392 e. The first-order valence-electron chi connectivity index (χ1n) is 15.9. The number of hydrogen-bond acceptors (Lipinski definition) is 2. The Hall–Kier alpha value is -1.15. The van der Waals surface area contributed by atoms with Crippen LogP contribution in [-0.2, 0) is 11.2 Å². The first kappa shape index (κ1) is 27.4. The highest BCUT2D eigenvalue weighted by Crippen LogP contribution is 2.68. The van der Waals surface area contributed by atoms with Gasteiger partial charge < -0.3 is 5.11 Å². The number of carbonyl (C=O) groups is 1. The molecule has 2 nitrogen and oxygen atoms in total. The summed E-state index contributed by atoms with van der Waals surface area (Å²) in [5, 5.41) is 11.3. The maximum Gasteiger partial charge on any atom is 0.138 e. The summed E-state index contributed by atoms with van der Waals surface area (Å²) in [5.41, 5.74) is 1.87. The van der Waals surface area contributed by atoms with Crippen molar-refractivity contribution in [3.8, 4) is 0 Å². The monoisotopic (exact) mass is 506 g/mol. The van der Waals surface area contributed by atoms with E-state index in [4.69, 9.17) is 0 Å². The van der Waals surface area contributed by atoms with E-state index in [9.17, 15) is 9.90 Å². The highest BCUT2D eigenvalue weighted by Gasteiger charge is 2.61.